The van der Waals surface area contributed by atoms with Crippen molar-refractivity contribution in [3.63, 3.8) is 0 Å². The van der Waals surface area contributed by atoms with Gasteiger partial charge in [-0.05, 0) is 13.8 Å². The smallest absolute Gasteiger partial charge is 0.327 e. The number of amides is 2. The van der Waals surface area contributed by atoms with Gasteiger partial charge in [0.1, 0.15) is 6.04 Å². The molecule has 3 N–H and O–H groups in total. The highest BCUT2D eigenvalue weighted by Crippen LogP contribution is 2.05. The minimum Gasteiger partial charge on any atom is -0.480 e. The second kappa shape index (κ2) is 8.79. The Balaban J connectivity index is 3.83. The molecule has 2 amide bonds. The fraction of sp³-hybridized carbons (Fsp3) is 0.727. The lowest BCUT2D eigenvalue weighted by atomic mass is 10.3. The number of hydrogen-bond acceptors (Lipinski definition) is 4. The van der Waals surface area contributed by atoms with Gasteiger partial charge in [0.25, 0.3) is 0 Å². The van der Waals surface area contributed by atoms with E-state index in [-0.39, 0.29) is 23.6 Å². The first-order chi connectivity index (χ1) is 8.32. The van der Waals surface area contributed by atoms with Crippen LogP contribution in [0.2, 0.25) is 0 Å². The highest BCUT2D eigenvalue weighted by atomic mass is 32.2. The Morgan fingerprint density at radius 1 is 1.22 bits per heavy atom. The molecule has 0 aromatic carbocycles. The van der Waals surface area contributed by atoms with Crippen LogP contribution in [0.5, 0.6) is 0 Å². The van der Waals surface area contributed by atoms with Crippen LogP contribution in [0.25, 0.3) is 0 Å². The summed E-state index contributed by atoms with van der Waals surface area (Å²) in [7, 11) is 0. The second-order valence-corrected chi connectivity index (χ2v) is 5.29. The van der Waals surface area contributed by atoms with Crippen molar-refractivity contribution in [1.29, 1.82) is 0 Å². The van der Waals surface area contributed by atoms with Crippen LogP contribution in [-0.4, -0.2) is 46.5 Å². The molecule has 0 rings (SSSR count). The van der Waals surface area contributed by atoms with E-state index >= 15 is 0 Å². The van der Waals surface area contributed by atoms with E-state index in [0.29, 0.717) is 12.2 Å². The van der Waals surface area contributed by atoms with Gasteiger partial charge in [0.15, 0.2) is 0 Å². The molecule has 0 aromatic rings. The van der Waals surface area contributed by atoms with Gasteiger partial charge in [-0.25, -0.2) is 4.79 Å². The van der Waals surface area contributed by atoms with Gasteiger partial charge >= 0.3 is 5.97 Å². The Morgan fingerprint density at radius 3 is 2.28 bits per heavy atom. The number of nitrogens with one attached hydrogen (secondary N) is 2. The molecule has 0 unspecified atom stereocenters. The quantitative estimate of drug-likeness (QED) is 0.551. The lowest BCUT2D eigenvalue weighted by molar-refractivity contribution is -0.140. The maximum atomic E-state index is 11.3. The summed E-state index contributed by atoms with van der Waals surface area (Å²) in [6.45, 7) is 5.03. The molecule has 0 radical (unpaired) electrons. The minimum atomic E-state index is -1.07. The second-order valence-electron chi connectivity index (χ2n) is 4.14. The van der Waals surface area contributed by atoms with Crippen LogP contribution in [0, 0.1) is 0 Å². The number of carboxylic acid groups (broad SMARTS) is 1. The first-order valence-corrected chi connectivity index (χ1v) is 6.85. The van der Waals surface area contributed by atoms with E-state index in [1.807, 2.05) is 13.8 Å². The summed E-state index contributed by atoms with van der Waals surface area (Å²) in [5, 5.41) is 13.9. The van der Waals surface area contributed by atoms with E-state index in [1.54, 1.807) is 0 Å². The van der Waals surface area contributed by atoms with Crippen molar-refractivity contribution < 1.29 is 19.5 Å². The number of hydrogen-bond donors (Lipinski definition) is 3. The monoisotopic (exact) mass is 276 g/mol. The molecule has 0 heterocycles. The number of rotatable bonds is 8. The normalized spacial score (nSPS) is 12.0. The predicted molar refractivity (Wildman–Crippen MR) is 70.5 cm³/mol. The van der Waals surface area contributed by atoms with Crippen molar-refractivity contribution in [3.8, 4) is 0 Å². The van der Waals surface area contributed by atoms with Gasteiger partial charge in [-0.15, -0.1) is 0 Å². The average molecular weight is 276 g/mol. The molecule has 1 atom stereocenters. The standard InChI is InChI=1S/C11H20N2O4S/c1-7(2)12-10(15)4-5-18-6-9(11(16)17)13-8(3)14/h7,9H,4-6H2,1-3H3,(H,12,15)(H,13,14)(H,16,17)/t9-/m0/s1. The highest BCUT2D eigenvalue weighted by molar-refractivity contribution is 7.99. The number of thioether (sulfide) groups is 1. The summed E-state index contributed by atoms with van der Waals surface area (Å²) in [5.41, 5.74) is 0. The number of carbonyl (C=O) groups excluding carboxylic acids is 2. The molecular formula is C11H20N2O4S. The molecule has 0 fully saturated rings. The van der Waals surface area contributed by atoms with E-state index < -0.39 is 12.0 Å². The average Bonchev–Trinajstić information content (AvgIpc) is 2.20. The van der Waals surface area contributed by atoms with E-state index in [2.05, 4.69) is 10.6 Å². The molecule has 6 nitrogen and oxygen atoms in total. The highest BCUT2D eigenvalue weighted by Gasteiger charge is 2.18. The fourth-order valence-electron chi connectivity index (χ4n) is 1.18. The molecule has 0 aliphatic heterocycles. The third-order valence-corrected chi connectivity index (χ3v) is 2.95. The summed E-state index contributed by atoms with van der Waals surface area (Å²) >= 11 is 1.33. The zero-order valence-corrected chi connectivity index (χ0v) is 11.7. The van der Waals surface area contributed by atoms with Crippen LogP contribution < -0.4 is 10.6 Å². The van der Waals surface area contributed by atoms with Gasteiger partial charge in [-0.1, -0.05) is 0 Å². The molecule has 0 saturated heterocycles. The molecule has 0 aliphatic carbocycles. The van der Waals surface area contributed by atoms with Crippen molar-refractivity contribution in [2.24, 2.45) is 0 Å². The van der Waals surface area contributed by atoms with Gasteiger partial charge in [0.05, 0.1) is 0 Å². The predicted octanol–water partition coefficient (Wildman–Crippen LogP) is 0.224. The topological polar surface area (TPSA) is 95.5 Å². The van der Waals surface area contributed by atoms with Crippen molar-refractivity contribution in [2.75, 3.05) is 11.5 Å². The number of carboxylic acids is 1. The third-order valence-electron chi connectivity index (χ3n) is 1.88. The Labute approximate surface area is 111 Å². The summed E-state index contributed by atoms with van der Waals surface area (Å²) in [6.07, 6.45) is 0.343. The van der Waals surface area contributed by atoms with Crippen molar-refractivity contribution in [2.45, 2.75) is 39.3 Å². The molecule has 0 bridgehead atoms. The first kappa shape index (κ1) is 16.8. The Kier molecular flexibility index (Phi) is 8.19. The largest absolute Gasteiger partial charge is 0.480 e. The van der Waals surface area contributed by atoms with Crippen LogP contribution in [0.4, 0.5) is 0 Å². The van der Waals surface area contributed by atoms with Gasteiger partial charge < -0.3 is 15.7 Å². The summed E-state index contributed by atoms with van der Waals surface area (Å²) in [6, 6.07) is -0.797. The van der Waals surface area contributed by atoms with Crippen LogP contribution in [0.3, 0.4) is 0 Å². The summed E-state index contributed by atoms with van der Waals surface area (Å²) in [4.78, 5) is 32.9. The molecule has 0 spiro atoms. The maximum absolute atomic E-state index is 11.3. The maximum Gasteiger partial charge on any atom is 0.327 e. The fourth-order valence-corrected chi connectivity index (χ4v) is 2.14. The SMILES string of the molecule is CC(=O)N[C@@H](CSCCC(=O)NC(C)C)C(=O)O. The first-order valence-electron chi connectivity index (χ1n) is 5.70. The Morgan fingerprint density at radius 2 is 1.83 bits per heavy atom. The van der Waals surface area contributed by atoms with E-state index in [0.717, 1.165) is 0 Å². The zero-order chi connectivity index (χ0) is 14.1. The molecular weight excluding hydrogens is 256 g/mol. The molecule has 18 heavy (non-hydrogen) atoms. The van der Waals surface area contributed by atoms with Crippen molar-refractivity contribution >= 4 is 29.5 Å². The zero-order valence-electron chi connectivity index (χ0n) is 10.9. The molecule has 0 aliphatic rings. The summed E-state index contributed by atoms with van der Waals surface area (Å²) < 4.78 is 0. The van der Waals surface area contributed by atoms with Crippen molar-refractivity contribution in [1.82, 2.24) is 10.6 Å². The molecule has 104 valence electrons. The summed E-state index contributed by atoms with van der Waals surface area (Å²) in [5.74, 6) is -0.708. The van der Waals surface area contributed by atoms with Crippen molar-refractivity contribution in [3.05, 3.63) is 0 Å². The van der Waals surface area contributed by atoms with Crippen LogP contribution in [0.1, 0.15) is 27.2 Å². The minimum absolute atomic E-state index is 0.0519. The van der Waals surface area contributed by atoms with Gasteiger partial charge in [0.2, 0.25) is 11.8 Å². The van der Waals surface area contributed by atoms with Crippen LogP contribution >= 0.6 is 11.8 Å². The van der Waals surface area contributed by atoms with E-state index in [9.17, 15) is 14.4 Å². The Hall–Kier alpha value is -1.24. The number of carbonyl (C=O) groups is 3. The molecule has 0 saturated carbocycles. The van der Waals surface area contributed by atoms with Crippen LogP contribution in [0.15, 0.2) is 0 Å². The van der Waals surface area contributed by atoms with E-state index in [4.69, 9.17) is 5.11 Å². The lowest BCUT2D eigenvalue weighted by Crippen LogP contribution is -2.41. The molecule has 0 aromatic heterocycles. The van der Waals surface area contributed by atoms with Gasteiger partial charge in [-0.3, -0.25) is 9.59 Å². The Bertz CT molecular complexity index is 307. The van der Waals surface area contributed by atoms with E-state index in [1.165, 1.54) is 18.7 Å². The number of aliphatic carboxylic acids is 1. The third kappa shape index (κ3) is 8.86. The lowest BCUT2D eigenvalue weighted by Gasteiger charge is -2.13. The van der Waals surface area contributed by atoms with Gasteiger partial charge in [0, 0.05) is 30.9 Å². The molecule has 7 heteroatoms. The van der Waals surface area contributed by atoms with Crippen LogP contribution in [-0.2, 0) is 14.4 Å². The van der Waals surface area contributed by atoms with Gasteiger partial charge in [-0.2, -0.15) is 11.8 Å².